The van der Waals surface area contributed by atoms with Crippen LogP contribution < -0.4 is 5.32 Å². The molecule has 0 saturated carbocycles. The Kier molecular flexibility index (Phi) is 7.49. The summed E-state index contributed by atoms with van der Waals surface area (Å²) in [5.41, 5.74) is 0.784. The molecule has 1 atom stereocenters. The van der Waals surface area contributed by atoms with Gasteiger partial charge in [-0.25, -0.2) is 4.79 Å². The zero-order chi connectivity index (χ0) is 19.1. The SMILES string of the molecule is CC(C)CN(CC(C)C)C(=O)C1CCCN(C(=O)Nc2ccccc2)C1. The summed E-state index contributed by atoms with van der Waals surface area (Å²) in [6.07, 6.45) is 1.73. The predicted octanol–water partition coefficient (Wildman–Crippen LogP) is 4.07. The van der Waals surface area contributed by atoms with Gasteiger partial charge in [0.25, 0.3) is 0 Å². The molecule has 0 radical (unpaired) electrons. The van der Waals surface area contributed by atoms with E-state index in [1.807, 2.05) is 35.2 Å². The maximum absolute atomic E-state index is 13.1. The van der Waals surface area contributed by atoms with Gasteiger partial charge in [0.05, 0.1) is 5.92 Å². The normalized spacial score (nSPS) is 17.5. The molecular formula is C21H33N3O2. The molecule has 2 rings (SSSR count). The second-order valence-electron chi connectivity index (χ2n) is 8.11. The number of nitrogens with zero attached hydrogens (tertiary/aromatic N) is 2. The molecule has 5 heteroatoms. The molecule has 1 N–H and O–H groups in total. The molecule has 144 valence electrons. The Balaban J connectivity index is 1.98. The van der Waals surface area contributed by atoms with Crippen LogP contribution in [0, 0.1) is 17.8 Å². The van der Waals surface area contributed by atoms with Crippen molar-refractivity contribution in [3.8, 4) is 0 Å². The molecule has 0 bridgehead atoms. The smallest absolute Gasteiger partial charge is 0.321 e. The summed E-state index contributed by atoms with van der Waals surface area (Å²) in [7, 11) is 0. The first kappa shape index (κ1) is 20.3. The summed E-state index contributed by atoms with van der Waals surface area (Å²) >= 11 is 0. The number of anilines is 1. The van der Waals surface area contributed by atoms with Gasteiger partial charge in [-0.1, -0.05) is 45.9 Å². The molecule has 0 aliphatic carbocycles. The van der Waals surface area contributed by atoms with Gasteiger partial charge >= 0.3 is 6.03 Å². The lowest BCUT2D eigenvalue weighted by Crippen LogP contribution is -2.49. The summed E-state index contributed by atoms with van der Waals surface area (Å²) in [6, 6.07) is 9.34. The van der Waals surface area contributed by atoms with Gasteiger partial charge < -0.3 is 15.1 Å². The summed E-state index contributed by atoms with van der Waals surface area (Å²) in [5.74, 6) is 0.991. The molecule has 3 amide bonds. The second kappa shape index (κ2) is 9.60. The van der Waals surface area contributed by atoms with Crippen molar-refractivity contribution >= 4 is 17.6 Å². The fourth-order valence-electron chi connectivity index (χ4n) is 3.48. The molecule has 1 aliphatic rings. The van der Waals surface area contributed by atoms with Crippen LogP contribution in [0.4, 0.5) is 10.5 Å². The van der Waals surface area contributed by atoms with E-state index in [4.69, 9.17) is 0 Å². The largest absolute Gasteiger partial charge is 0.342 e. The monoisotopic (exact) mass is 359 g/mol. The van der Waals surface area contributed by atoms with Gasteiger partial charge in [-0.2, -0.15) is 0 Å². The minimum atomic E-state index is -0.118. The van der Waals surface area contributed by atoms with Crippen LogP contribution in [0.5, 0.6) is 0 Å². The van der Waals surface area contributed by atoms with Gasteiger partial charge in [0.1, 0.15) is 0 Å². The average Bonchev–Trinajstić information content (AvgIpc) is 2.60. The first-order valence-corrected chi connectivity index (χ1v) is 9.76. The summed E-state index contributed by atoms with van der Waals surface area (Å²) < 4.78 is 0. The Hall–Kier alpha value is -2.04. The lowest BCUT2D eigenvalue weighted by Gasteiger charge is -2.36. The Labute approximate surface area is 157 Å². The number of rotatable bonds is 6. The van der Waals surface area contributed by atoms with Crippen molar-refractivity contribution in [2.75, 3.05) is 31.5 Å². The number of amides is 3. The molecule has 1 heterocycles. The molecule has 1 aliphatic heterocycles. The quantitative estimate of drug-likeness (QED) is 0.832. The number of carbonyl (C=O) groups excluding carboxylic acids is 2. The third-order valence-corrected chi connectivity index (χ3v) is 4.57. The van der Waals surface area contributed by atoms with E-state index in [0.29, 0.717) is 24.9 Å². The minimum absolute atomic E-state index is 0.0947. The van der Waals surface area contributed by atoms with Gasteiger partial charge in [0.15, 0.2) is 0 Å². The van der Waals surface area contributed by atoms with Crippen LogP contribution in [0.2, 0.25) is 0 Å². The van der Waals surface area contributed by atoms with Crippen LogP contribution in [0.3, 0.4) is 0 Å². The molecule has 1 fully saturated rings. The van der Waals surface area contributed by atoms with Crippen LogP contribution in [0.1, 0.15) is 40.5 Å². The summed E-state index contributed by atoms with van der Waals surface area (Å²) in [5, 5.41) is 2.93. The molecule has 26 heavy (non-hydrogen) atoms. The van der Waals surface area contributed by atoms with Crippen LogP contribution in [0.25, 0.3) is 0 Å². The van der Waals surface area contributed by atoms with Crippen molar-refractivity contribution in [3.63, 3.8) is 0 Å². The fourth-order valence-corrected chi connectivity index (χ4v) is 3.48. The van der Waals surface area contributed by atoms with Crippen molar-refractivity contribution in [1.29, 1.82) is 0 Å². The van der Waals surface area contributed by atoms with Crippen LogP contribution in [0.15, 0.2) is 30.3 Å². The Morgan fingerprint density at radius 1 is 1.12 bits per heavy atom. The first-order chi connectivity index (χ1) is 12.4. The number of benzene rings is 1. The molecular weight excluding hydrogens is 326 g/mol. The number of nitrogens with one attached hydrogen (secondary N) is 1. The number of para-hydroxylation sites is 1. The number of hydrogen-bond donors (Lipinski definition) is 1. The van der Waals surface area contributed by atoms with Gasteiger partial charge in [-0.15, -0.1) is 0 Å². The number of piperidine rings is 1. The highest BCUT2D eigenvalue weighted by atomic mass is 16.2. The third-order valence-electron chi connectivity index (χ3n) is 4.57. The van der Waals surface area contributed by atoms with E-state index in [-0.39, 0.29) is 17.9 Å². The van der Waals surface area contributed by atoms with Crippen molar-refractivity contribution in [3.05, 3.63) is 30.3 Å². The Morgan fingerprint density at radius 2 is 1.73 bits per heavy atom. The molecule has 1 saturated heterocycles. The van der Waals surface area contributed by atoms with E-state index < -0.39 is 0 Å². The van der Waals surface area contributed by atoms with Gasteiger partial charge in [-0.05, 0) is 36.8 Å². The highest BCUT2D eigenvalue weighted by Gasteiger charge is 2.31. The van der Waals surface area contributed by atoms with Crippen molar-refractivity contribution in [2.45, 2.75) is 40.5 Å². The average molecular weight is 360 g/mol. The summed E-state index contributed by atoms with van der Waals surface area (Å²) in [6.45, 7) is 11.3. The molecule has 0 spiro atoms. The molecule has 1 unspecified atom stereocenters. The van der Waals surface area contributed by atoms with Crippen LogP contribution in [-0.2, 0) is 4.79 Å². The molecule has 1 aromatic rings. The van der Waals surface area contributed by atoms with Crippen LogP contribution in [-0.4, -0.2) is 47.9 Å². The zero-order valence-electron chi connectivity index (χ0n) is 16.6. The highest BCUT2D eigenvalue weighted by molar-refractivity contribution is 5.90. The predicted molar refractivity (Wildman–Crippen MR) is 106 cm³/mol. The van der Waals surface area contributed by atoms with E-state index >= 15 is 0 Å². The molecule has 0 aromatic heterocycles. The number of hydrogen-bond acceptors (Lipinski definition) is 2. The fraction of sp³-hybridized carbons (Fsp3) is 0.619. The Morgan fingerprint density at radius 3 is 2.31 bits per heavy atom. The molecule has 5 nitrogen and oxygen atoms in total. The van der Waals surface area contributed by atoms with E-state index in [0.717, 1.165) is 31.6 Å². The number of likely N-dealkylation sites (tertiary alicyclic amines) is 1. The lowest BCUT2D eigenvalue weighted by molar-refractivity contribution is -0.138. The van der Waals surface area contributed by atoms with Crippen molar-refractivity contribution in [2.24, 2.45) is 17.8 Å². The van der Waals surface area contributed by atoms with Gasteiger partial charge in [0, 0.05) is 31.9 Å². The lowest BCUT2D eigenvalue weighted by atomic mass is 9.95. The molecule has 1 aromatic carbocycles. The Bertz CT molecular complexity index is 576. The van der Waals surface area contributed by atoms with Crippen molar-refractivity contribution in [1.82, 2.24) is 9.80 Å². The first-order valence-electron chi connectivity index (χ1n) is 9.76. The highest BCUT2D eigenvalue weighted by Crippen LogP contribution is 2.21. The standard InChI is InChI=1S/C21H33N3O2/c1-16(2)13-24(14-17(3)4)20(25)18-9-8-12-23(15-18)21(26)22-19-10-6-5-7-11-19/h5-7,10-11,16-18H,8-9,12-15H2,1-4H3,(H,22,26). The summed E-state index contributed by atoms with van der Waals surface area (Å²) in [4.78, 5) is 29.4. The van der Waals surface area contributed by atoms with Gasteiger partial charge in [-0.3, -0.25) is 4.79 Å². The second-order valence-corrected chi connectivity index (χ2v) is 8.11. The van der Waals surface area contributed by atoms with E-state index in [2.05, 4.69) is 33.0 Å². The van der Waals surface area contributed by atoms with E-state index in [1.165, 1.54) is 0 Å². The zero-order valence-corrected chi connectivity index (χ0v) is 16.6. The maximum Gasteiger partial charge on any atom is 0.321 e. The van der Waals surface area contributed by atoms with Gasteiger partial charge in [0.2, 0.25) is 5.91 Å². The minimum Gasteiger partial charge on any atom is -0.342 e. The number of urea groups is 1. The van der Waals surface area contributed by atoms with E-state index in [9.17, 15) is 9.59 Å². The van der Waals surface area contributed by atoms with E-state index in [1.54, 1.807) is 4.90 Å². The van der Waals surface area contributed by atoms with Crippen molar-refractivity contribution < 1.29 is 9.59 Å². The van der Waals surface area contributed by atoms with Crippen LogP contribution >= 0.6 is 0 Å². The topological polar surface area (TPSA) is 52.7 Å². The maximum atomic E-state index is 13.1. The third kappa shape index (κ3) is 6.04. The number of carbonyl (C=O) groups is 2.